The largest absolute Gasteiger partial charge is 0.416 e. The molecule has 2 aromatic rings. The van der Waals surface area contributed by atoms with Gasteiger partial charge in [-0.3, -0.25) is 4.79 Å². The Morgan fingerprint density at radius 1 is 1.08 bits per heavy atom. The highest BCUT2D eigenvalue weighted by Gasteiger charge is 2.30. The van der Waals surface area contributed by atoms with E-state index >= 15 is 0 Å². The molecule has 24 heavy (non-hydrogen) atoms. The first-order valence-electron chi connectivity index (χ1n) is 7.22. The summed E-state index contributed by atoms with van der Waals surface area (Å²) in [5, 5.41) is 2.62. The zero-order valence-corrected chi connectivity index (χ0v) is 12.6. The number of carbonyl (C=O) groups is 1. The van der Waals surface area contributed by atoms with Crippen LogP contribution >= 0.6 is 0 Å². The van der Waals surface area contributed by atoms with Gasteiger partial charge >= 0.3 is 6.18 Å². The van der Waals surface area contributed by atoms with Crippen molar-refractivity contribution in [2.75, 3.05) is 6.54 Å². The number of amides is 1. The summed E-state index contributed by atoms with van der Waals surface area (Å²) in [6, 6.07) is 10.6. The van der Waals surface area contributed by atoms with Gasteiger partial charge in [-0.15, -0.1) is 0 Å². The Balaban J connectivity index is 1.85. The Morgan fingerprint density at radius 2 is 1.79 bits per heavy atom. The van der Waals surface area contributed by atoms with Gasteiger partial charge in [-0.1, -0.05) is 24.3 Å². The molecule has 0 aromatic heterocycles. The van der Waals surface area contributed by atoms with Gasteiger partial charge in [-0.25, -0.2) is 4.39 Å². The maximum Gasteiger partial charge on any atom is 0.416 e. The van der Waals surface area contributed by atoms with Crippen LogP contribution in [0.25, 0.3) is 6.08 Å². The van der Waals surface area contributed by atoms with Crippen LogP contribution in [0.4, 0.5) is 17.6 Å². The molecule has 0 aliphatic carbocycles. The zero-order chi connectivity index (χ0) is 17.6. The molecule has 0 radical (unpaired) electrons. The van der Waals surface area contributed by atoms with Gasteiger partial charge in [0.1, 0.15) is 5.82 Å². The van der Waals surface area contributed by atoms with Crippen LogP contribution in [0.5, 0.6) is 0 Å². The average Bonchev–Trinajstić information content (AvgIpc) is 2.54. The normalized spacial score (nSPS) is 11.7. The van der Waals surface area contributed by atoms with Crippen molar-refractivity contribution in [3.63, 3.8) is 0 Å². The minimum absolute atomic E-state index is 0.290. The second-order valence-corrected chi connectivity index (χ2v) is 5.12. The first kappa shape index (κ1) is 17.7. The zero-order valence-electron chi connectivity index (χ0n) is 12.6. The minimum Gasteiger partial charge on any atom is -0.352 e. The van der Waals surface area contributed by atoms with E-state index in [9.17, 15) is 22.4 Å². The molecule has 0 aliphatic rings. The highest BCUT2D eigenvalue weighted by molar-refractivity contribution is 5.91. The van der Waals surface area contributed by atoms with Crippen molar-refractivity contribution in [3.8, 4) is 0 Å². The first-order valence-corrected chi connectivity index (χ1v) is 7.22. The second-order valence-electron chi connectivity index (χ2n) is 5.12. The summed E-state index contributed by atoms with van der Waals surface area (Å²) in [7, 11) is 0. The minimum atomic E-state index is -4.42. The van der Waals surface area contributed by atoms with Gasteiger partial charge < -0.3 is 5.32 Å². The van der Waals surface area contributed by atoms with Gasteiger partial charge in [0.2, 0.25) is 5.91 Å². The molecule has 2 aromatic carbocycles. The Labute approximate surface area is 136 Å². The number of alkyl halides is 3. The third-order valence-corrected chi connectivity index (χ3v) is 3.27. The lowest BCUT2D eigenvalue weighted by molar-refractivity contribution is -0.137. The van der Waals surface area contributed by atoms with E-state index in [1.807, 2.05) is 0 Å². The van der Waals surface area contributed by atoms with Gasteiger partial charge in [0.25, 0.3) is 0 Å². The summed E-state index contributed by atoms with van der Waals surface area (Å²) < 4.78 is 50.5. The van der Waals surface area contributed by atoms with Crippen LogP contribution in [0.15, 0.2) is 54.6 Å². The van der Waals surface area contributed by atoms with E-state index in [0.717, 1.165) is 17.7 Å². The van der Waals surface area contributed by atoms with Crippen LogP contribution in [0.2, 0.25) is 0 Å². The molecule has 0 spiro atoms. The first-order chi connectivity index (χ1) is 11.3. The van der Waals surface area contributed by atoms with E-state index in [1.165, 1.54) is 36.4 Å². The molecule has 0 saturated heterocycles. The molecule has 1 amide bonds. The van der Waals surface area contributed by atoms with Crippen LogP contribution in [-0.4, -0.2) is 12.5 Å². The fourth-order valence-corrected chi connectivity index (χ4v) is 2.03. The average molecular weight is 337 g/mol. The van der Waals surface area contributed by atoms with Crippen molar-refractivity contribution < 1.29 is 22.4 Å². The predicted octanol–water partition coefficient (Wildman–Crippen LogP) is 4.22. The molecule has 0 atom stereocenters. The molecular weight excluding hydrogens is 322 g/mol. The number of halogens is 4. The molecular formula is C18H15F4NO. The van der Waals surface area contributed by atoms with Crippen LogP contribution in [0.3, 0.4) is 0 Å². The van der Waals surface area contributed by atoms with Crippen molar-refractivity contribution in [3.05, 3.63) is 77.1 Å². The summed E-state index contributed by atoms with van der Waals surface area (Å²) >= 11 is 0. The third kappa shape index (κ3) is 5.53. The van der Waals surface area contributed by atoms with Gasteiger partial charge in [-0.2, -0.15) is 13.2 Å². The standard InChI is InChI=1S/C18H15F4NO/c19-16-7-4-13(5-8-16)10-11-23-17(24)9-6-14-2-1-3-15(12-14)18(20,21)22/h1-9,12H,10-11H2,(H,23,24)/b9-6+. The highest BCUT2D eigenvalue weighted by atomic mass is 19.4. The molecule has 2 rings (SSSR count). The number of benzene rings is 2. The summed E-state index contributed by atoms with van der Waals surface area (Å²) in [6.07, 6.45) is -1.38. The van der Waals surface area contributed by atoms with Crippen molar-refractivity contribution in [2.24, 2.45) is 0 Å². The van der Waals surface area contributed by atoms with Gasteiger partial charge in [0.05, 0.1) is 5.56 Å². The molecule has 126 valence electrons. The number of hydrogen-bond donors (Lipinski definition) is 1. The summed E-state index contributed by atoms with van der Waals surface area (Å²) in [5.74, 6) is -0.735. The Hall–Kier alpha value is -2.63. The summed E-state index contributed by atoms with van der Waals surface area (Å²) in [5.41, 5.74) is 0.401. The molecule has 0 fully saturated rings. The predicted molar refractivity (Wildman–Crippen MR) is 83.6 cm³/mol. The molecule has 0 heterocycles. The van der Waals surface area contributed by atoms with Crippen molar-refractivity contribution in [1.82, 2.24) is 5.32 Å². The number of carbonyl (C=O) groups excluding carboxylic acids is 1. The van der Waals surface area contributed by atoms with Gasteiger partial charge in [0.15, 0.2) is 0 Å². The lowest BCUT2D eigenvalue weighted by Crippen LogP contribution is -2.23. The maximum absolute atomic E-state index is 12.8. The maximum atomic E-state index is 12.8. The van der Waals surface area contributed by atoms with Crippen LogP contribution in [-0.2, 0) is 17.4 Å². The summed E-state index contributed by atoms with van der Waals surface area (Å²) in [6.45, 7) is 0.345. The van der Waals surface area contributed by atoms with E-state index in [1.54, 1.807) is 12.1 Å². The molecule has 0 aliphatic heterocycles. The van der Waals surface area contributed by atoms with Crippen LogP contribution in [0.1, 0.15) is 16.7 Å². The Kier molecular flexibility index (Phi) is 5.73. The molecule has 0 unspecified atom stereocenters. The van der Waals surface area contributed by atoms with E-state index < -0.39 is 17.6 Å². The Morgan fingerprint density at radius 3 is 2.46 bits per heavy atom. The summed E-state index contributed by atoms with van der Waals surface area (Å²) in [4.78, 5) is 11.7. The van der Waals surface area contributed by atoms with Gasteiger partial charge in [0, 0.05) is 12.6 Å². The van der Waals surface area contributed by atoms with E-state index in [-0.39, 0.29) is 5.82 Å². The lowest BCUT2D eigenvalue weighted by Gasteiger charge is -2.06. The lowest BCUT2D eigenvalue weighted by atomic mass is 10.1. The SMILES string of the molecule is O=C(/C=C/c1cccc(C(F)(F)F)c1)NCCc1ccc(F)cc1. The van der Waals surface area contributed by atoms with Gasteiger partial charge in [-0.05, 0) is 47.9 Å². The molecule has 6 heteroatoms. The second kappa shape index (κ2) is 7.77. The van der Waals surface area contributed by atoms with E-state index in [0.29, 0.717) is 18.5 Å². The monoisotopic (exact) mass is 337 g/mol. The van der Waals surface area contributed by atoms with Crippen LogP contribution < -0.4 is 5.32 Å². The molecule has 0 bridgehead atoms. The fourth-order valence-electron chi connectivity index (χ4n) is 2.03. The van der Waals surface area contributed by atoms with E-state index in [4.69, 9.17) is 0 Å². The molecule has 2 nitrogen and oxygen atoms in total. The van der Waals surface area contributed by atoms with Crippen molar-refractivity contribution in [1.29, 1.82) is 0 Å². The highest BCUT2D eigenvalue weighted by Crippen LogP contribution is 2.29. The van der Waals surface area contributed by atoms with Crippen molar-refractivity contribution in [2.45, 2.75) is 12.6 Å². The quantitative estimate of drug-likeness (QED) is 0.642. The molecule has 0 saturated carbocycles. The number of hydrogen-bond acceptors (Lipinski definition) is 1. The smallest absolute Gasteiger partial charge is 0.352 e. The molecule has 1 N–H and O–H groups in total. The fraction of sp³-hybridized carbons (Fsp3) is 0.167. The Bertz CT molecular complexity index is 721. The number of rotatable bonds is 5. The van der Waals surface area contributed by atoms with Crippen molar-refractivity contribution >= 4 is 12.0 Å². The van der Waals surface area contributed by atoms with Crippen LogP contribution in [0, 0.1) is 5.82 Å². The topological polar surface area (TPSA) is 29.1 Å². The third-order valence-electron chi connectivity index (χ3n) is 3.27. The van der Waals surface area contributed by atoms with E-state index in [2.05, 4.69) is 5.32 Å². The number of nitrogens with one attached hydrogen (secondary N) is 1.